The third-order valence-electron chi connectivity index (χ3n) is 5.63. The molecule has 1 N–H and O–H groups in total. The Hall–Kier alpha value is -2.38. The second kappa shape index (κ2) is 9.89. The minimum Gasteiger partial charge on any atom is -0.376 e. The van der Waals surface area contributed by atoms with Crippen LogP contribution in [-0.2, 0) is 16.0 Å². The first kappa shape index (κ1) is 19.9. The summed E-state index contributed by atoms with van der Waals surface area (Å²) in [5, 5.41) is 7.81. The molecule has 1 aromatic heterocycles. The molecule has 0 aliphatic carbocycles. The van der Waals surface area contributed by atoms with Gasteiger partial charge in [-0.3, -0.25) is 4.99 Å². The van der Waals surface area contributed by atoms with E-state index in [9.17, 15) is 0 Å². The molecule has 0 saturated carbocycles. The summed E-state index contributed by atoms with van der Waals surface area (Å²) in [7, 11) is 1.85. The van der Waals surface area contributed by atoms with E-state index in [4.69, 9.17) is 9.47 Å². The lowest BCUT2D eigenvalue weighted by Crippen LogP contribution is -2.47. The molecular weight excluding hydrogens is 366 g/mol. The number of nitrogens with zero attached hydrogens (tertiary/aromatic N) is 4. The number of benzene rings is 1. The van der Waals surface area contributed by atoms with E-state index in [0.717, 1.165) is 63.8 Å². The number of rotatable bonds is 6. The van der Waals surface area contributed by atoms with E-state index in [0.29, 0.717) is 12.2 Å². The molecule has 2 aliphatic heterocycles. The topological polar surface area (TPSA) is 63.9 Å². The third-order valence-corrected chi connectivity index (χ3v) is 5.63. The average Bonchev–Trinajstić information content (AvgIpc) is 3.48. The Morgan fingerprint density at radius 3 is 2.90 bits per heavy atom. The fourth-order valence-electron chi connectivity index (χ4n) is 4.00. The van der Waals surface area contributed by atoms with E-state index >= 15 is 0 Å². The van der Waals surface area contributed by atoms with Crippen molar-refractivity contribution in [2.24, 2.45) is 4.99 Å². The maximum atomic E-state index is 6.09. The minimum absolute atomic E-state index is 0.306. The highest BCUT2D eigenvalue weighted by Crippen LogP contribution is 2.18. The van der Waals surface area contributed by atoms with E-state index in [1.165, 1.54) is 12.0 Å². The summed E-state index contributed by atoms with van der Waals surface area (Å²) < 4.78 is 13.6. The highest BCUT2D eigenvalue weighted by molar-refractivity contribution is 5.80. The lowest BCUT2D eigenvalue weighted by Gasteiger charge is -2.34. The second-order valence-corrected chi connectivity index (χ2v) is 7.68. The molecule has 2 aromatic rings. The summed E-state index contributed by atoms with van der Waals surface area (Å²) in [6.45, 7) is 4.28. The summed E-state index contributed by atoms with van der Waals surface area (Å²) in [6, 6.07) is 10.3. The fourth-order valence-corrected chi connectivity index (χ4v) is 4.00. The number of guanidine groups is 1. The average molecular weight is 398 g/mol. The van der Waals surface area contributed by atoms with E-state index in [1.807, 2.05) is 24.0 Å². The van der Waals surface area contributed by atoms with E-state index in [2.05, 4.69) is 44.6 Å². The first-order valence-electron chi connectivity index (χ1n) is 10.6. The van der Waals surface area contributed by atoms with Crippen LogP contribution in [0.5, 0.6) is 0 Å². The van der Waals surface area contributed by atoms with Crippen LogP contribution >= 0.6 is 0 Å². The summed E-state index contributed by atoms with van der Waals surface area (Å²) in [6.07, 6.45) is 8.75. The van der Waals surface area contributed by atoms with Crippen molar-refractivity contribution in [3.8, 4) is 5.69 Å². The normalized spacial score (nSPS) is 20.9. The molecule has 7 heteroatoms. The molecule has 1 unspecified atom stereocenters. The summed E-state index contributed by atoms with van der Waals surface area (Å²) in [4.78, 5) is 6.81. The van der Waals surface area contributed by atoms with Gasteiger partial charge >= 0.3 is 0 Å². The SMILES string of the molecule is CN=C(NCc1cccc(-n2cccn2)c1)N1CCC(OCC2CCCO2)CC1. The van der Waals surface area contributed by atoms with Crippen LogP contribution in [-0.4, -0.2) is 66.2 Å². The van der Waals surface area contributed by atoms with Gasteiger partial charge in [-0.15, -0.1) is 0 Å². The Morgan fingerprint density at radius 2 is 2.17 bits per heavy atom. The fraction of sp³-hybridized carbons (Fsp3) is 0.545. The smallest absolute Gasteiger partial charge is 0.193 e. The lowest BCUT2D eigenvalue weighted by atomic mass is 10.1. The van der Waals surface area contributed by atoms with Gasteiger partial charge in [0, 0.05) is 45.7 Å². The van der Waals surface area contributed by atoms with Gasteiger partial charge in [-0.05, 0) is 49.4 Å². The zero-order chi connectivity index (χ0) is 19.9. The molecule has 0 amide bonds. The van der Waals surface area contributed by atoms with Gasteiger partial charge in [0.2, 0.25) is 0 Å². The Kier molecular flexibility index (Phi) is 6.79. The molecule has 0 bridgehead atoms. The monoisotopic (exact) mass is 397 g/mol. The zero-order valence-electron chi connectivity index (χ0n) is 17.2. The molecule has 29 heavy (non-hydrogen) atoms. The van der Waals surface area contributed by atoms with Gasteiger partial charge in [0.15, 0.2) is 5.96 Å². The van der Waals surface area contributed by atoms with Crippen molar-refractivity contribution in [1.82, 2.24) is 20.0 Å². The van der Waals surface area contributed by atoms with Crippen molar-refractivity contribution in [2.45, 2.75) is 44.4 Å². The summed E-state index contributed by atoms with van der Waals surface area (Å²) >= 11 is 0. The van der Waals surface area contributed by atoms with Crippen LogP contribution in [0.1, 0.15) is 31.2 Å². The number of nitrogens with one attached hydrogen (secondary N) is 1. The molecule has 1 aromatic carbocycles. The number of aromatic nitrogens is 2. The number of hydrogen-bond donors (Lipinski definition) is 1. The Balaban J connectivity index is 1.24. The molecule has 2 saturated heterocycles. The van der Waals surface area contributed by atoms with Crippen LogP contribution in [0, 0.1) is 0 Å². The van der Waals surface area contributed by atoms with E-state index < -0.39 is 0 Å². The molecule has 1 atom stereocenters. The maximum absolute atomic E-state index is 6.09. The van der Waals surface area contributed by atoms with Crippen LogP contribution < -0.4 is 5.32 Å². The minimum atomic E-state index is 0.306. The van der Waals surface area contributed by atoms with Crippen molar-refractivity contribution < 1.29 is 9.47 Å². The molecule has 2 fully saturated rings. The predicted octanol–water partition coefficient (Wildman–Crippen LogP) is 2.61. The molecule has 0 radical (unpaired) electrons. The van der Waals surface area contributed by atoms with Crippen molar-refractivity contribution in [2.75, 3.05) is 33.4 Å². The lowest BCUT2D eigenvalue weighted by molar-refractivity contribution is -0.0367. The van der Waals surface area contributed by atoms with Crippen LogP contribution in [0.2, 0.25) is 0 Å². The molecule has 3 heterocycles. The first-order chi connectivity index (χ1) is 14.3. The summed E-state index contributed by atoms with van der Waals surface area (Å²) in [5.41, 5.74) is 2.27. The second-order valence-electron chi connectivity index (χ2n) is 7.68. The van der Waals surface area contributed by atoms with Gasteiger partial charge in [-0.1, -0.05) is 12.1 Å². The van der Waals surface area contributed by atoms with Crippen LogP contribution in [0.3, 0.4) is 0 Å². The number of likely N-dealkylation sites (tertiary alicyclic amines) is 1. The molecule has 2 aliphatic rings. The Labute approximate surface area is 172 Å². The quantitative estimate of drug-likeness (QED) is 0.600. The number of aliphatic imine (C=N–C) groups is 1. The van der Waals surface area contributed by atoms with Crippen LogP contribution in [0.25, 0.3) is 5.69 Å². The largest absolute Gasteiger partial charge is 0.376 e. The van der Waals surface area contributed by atoms with Crippen LogP contribution in [0.15, 0.2) is 47.7 Å². The molecule has 0 spiro atoms. The number of hydrogen-bond acceptors (Lipinski definition) is 4. The maximum Gasteiger partial charge on any atom is 0.193 e. The van der Waals surface area contributed by atoms with Crippen molar-refractivity contribution in [1.29, 1.82) is 0 Å². The number of piperidine rings is 1. The predicted molar refractivity (Wildman–Crippen MR) is 113 cm³/mol. The standard InChI is InChI=1S/C22H31N5O2/c1-23-22(24-16-18-5-2-6-19(15-18)27-11-4-10-25-27)26-12-8-20(9-13-26)29-17-21-7-3-14-28-21/h2,4-6,10-11,15,20-21H,3,7-9,12-14,16-17H2,1H3,(H,23,24). The van der Waals surface area contributed by atoms with Gasteiger partial charge in [-0.2, -0.15) is 5.10 Å². The Bertz CT molecular complexity index is 778. The molecule has 7 nitrogen and oxygen atoms in total. The third kappa shape index (κ3) is 5.36. The first-order valence-corrected chi connectivity index (χ1v) is 10.6. The van der Waals surface area contributed by atoms with E-state index in [-0.39, 0.29) is 0 Å². The van der Waals surface area contributed by atoms with Crippen molar-refractivity contribution in [3.63, 3.8) is 0 Å². The van der Waals surface area contributed by atoms with E-state index in [1.54, 1.807) is 6.20 Å². The van der Waals surface area contributed by atoms with Crippen molar-refractivity contribution >= 4 is 5.96 Å². The number of ether oxygens (including phenoxy) is 2. The zero-order valence-corrected chi connectivity index (χ0v) is 17.2. The Morgan fingerprint density at radius 1 is 1.28 bits per heavy atom. The van der Waals surface area contributed by atoms with Crippen molar-refractivity contribution in [3.05, 3.63) is 48.3 Å². The van der Waals surface area contributed by atoms with Gasteiger partial charge in [0.05, 0.1) is 24.5 Å². The molecule has 156 valence electrons. The van der Waals surface area contributed by atoms with Gasteiger partial charge in [0.1, 0.15) is 0 Å². The van der Waals surface area contributed by atoms with Gasteiger partial charge < -0.3 is 19.7 Å². The van der Waals surface area contributed by atoms with Gasteiger partial charge in [0.25, 0.3) is 0 Å². The summed E-state index contributed by atoms with van der Waals surface area (Å²) in [5.74, 6) is 0.951. The van der Waals surface area contributed by atoms with Crippen LogP contribution in [0.4, 0.5) is 0 Å². The highest BCUT2D eigenvalue weighted by atomic mass is 16.5. The van der Waals surface area contributed by atoms with Gasteiger partial charge in [-0.25, -0.2) is 4.68 Å². The molecule has 4 rings (SSSR count). The highest BCUT2D eigenvalue weighted by Gasteiger charge is 2.24. The molecular formula is C22H31N5O2.